The van der Waals surface area contributed by atoms with Gasteiger partial charge in [0.1, 0.15) is 0 Å². The average Bonchev–Trinajstić information content (AvgIpc) is 3.10. The number of carbonyl (C=O) groups excluding carboxylic acids is 1. The van der Waals surface area contributed by atoms with Crippen LogP contribution in [0.2, 0.25) is 0 Å². The van der Waals surface area contributed by atoms with Gasteiger partial charge >= 0.3 is 0 Å². The molecule has 2 aromatic carbocycles. The molecule has 29 heavy (non-hydrogen) atoms. The number of hydrogen-bond acceptors (Lipinski definition) is 4. The molecule has 0 aliphatic carbocycles. The highest BCUT2D eigenvalue weighted by atomic mass is 32.2. The van der Waals surface area contributed by atoms with Gasteiger partial charge in [-0.05, 0) is 54.9 Å². The highest BCUT2D eigenvalue weighted by molar-refractivity contribution is 7.93. The first-order chi connectivity index (χ1) is 13.9. The van der Waals surface area contributed by atoms with Crippen molar-refractivity contribution in [3.63, 3.8) is 0 Å². The van der Waals surface area contributed by atoms with E-state index in [-0.39, 0.29) is 11.7 Å². The summed E-state index contributed by atoms with van der Waals surface area (Å²) in [5, 5.41) is 2.98. The van der Waals surface area contributed by atoms with Gasteiger partial charge in [0.2, 0.25) is 10.0 Å². The summed E-state index contributed by atoms with van der Waals surface area (Å²) in [5.41, 5.74) is 3.45. The Hall–Kier alpha value is -2.38. The topological polar surface area (TPSA) is 69.7 Å². The van der Waals surface area contributed by atoms with Crippen LogP contribution in [0, 0.1) is 0 Å². The van der Waals surface area contributed by atoms with Crippen LogP contribution in [0.15, 0.2) is 48.5 Å². The molecule has 156 valence electrons. The number of benzene rings is 2. The number of hydrogen-bond donors (Lipinski definition) is 1. The molecule has 1 amide bonds. The van der Waals surface area contributed by atoms with Gasteiger partial charge in [0.05, 0.1) is 11.4 Å². The fraction of sp³-hybridized carbons (Fsp3) is 0.409. The zero-order valence-corrected chi connectivity index (χ0v) is 17.9. The van der Waals surface area contributed by atoms with Gasteiger partial charge in [-0.25, -0.2) is 8.42 Å². The number of amides is 1. The van der Waals surface area contributed by atoms with Gasteiger partial charge < -0.3 is 5.32 Å². The van der Waals surface area contributed by atoms with Crippen molar-refractivity contribution in [3.8, 4) is 0 Å². The Morgan fingerprint density at radius 3 is 2.28 bits per heavy atom. The van der Waals surface area contributed by atoms with E-state index in [0.29, 0.717) is 30.8 Å². The van der Waals surface area contributed by atoms with Crippen molar-refractivity contribution < 1.29 is 13.2 Å². The van der Waals surface area contributed by atoms with E-state index in [1.807, 2.05) is 18.2 Å². The molecular formula is C22H29N3O3S. The second-order valence-corrected chi connectivity index (χ2v) is 9.21. The van der Waals surface area contributed by atoms with Crippen molar-refractivity contribution in [2.75, 3.05) is 29.7 Å². The van der Waals surface area contributed by atoms with E-state index in [4.69, 9.17) is 0 Å². The van der Waals surface area contributed by atoms with Crippen LogP contribution in [-0.4, -0.2) is 44.6 Å². The van der Waals surface area contributed by atoms with Crippen LogP contribution in [0.1, 0.15) is 41.8 Å². The summed E-state index contributed by atoms with van der Waals surface area (Å²) in [5.74, 6) is 0.0146. The van der Waals surface area contributed by atoms with Crippen LogP contribution in [0.4, 0.5) is 5.69 Å². The second-order valence-electron chi connectivity index (χ2n) is 7.20. The smallest absolute Gasteiger partial charge is 0.251 e. The lowest BCUT2D eigenvalue weighted by Gasteiger charge is -2.20. The molecule has 7 heteroatoms. The lowest BCUT2D eigenvalue weighted by molar-refractivity contribution is 0.0950. The maximum Gasteiger partial charge on any atom is 0.251 e. The van der Waals surface area contributed by atoms with Gasteiger partial charge in [0.25, 0.3) is 5.91 Å². The predicted octanol–water partition coefficient (Wildman–Crippen LogP) is 3.00. The number of carbonyl (C=O) groups is 1. The maximum atomic E-state index is 12.6. The minimum absolute atomic E-state index is 0.168. The van der Waals surface area contributed by atoms with Gasteiger partial charge in [0, 0.05) is 25.2 Å². The van der Waals surface area contributed by atoms with Crippen LogP contribution in [0.5, 0.6) is 0 Å². The third-order valence-corrected chi connectivity index (χ3v) is 7.23. The molecule has 1 aliphatic rings. The summed E-state index contributed by atoms with van der Waals surface area (Å²) >= 11 is 0. The summed E-state index contributed by atoms with van der Waals surface area (Å²) in [6.45, 7) is 8.07. The number of nitrogens with zero attached hydrogens (tertiary/aromatic N) is 2. The van der Waals surface area contributed by atoms with Crippen LogP contribution in [0.25, 0.3) is 0 Å². The molecule has 0 unspecified atom stereocenters. The molecule has 1 fully saturated rings. The zero-order valence-electron chi connectivity index (χ0n) is 17.1. The van der Waals surface area contributed by atoms with E-state index in [2.05, 4.69) is 30.1 Å². The summed E-state index contributed by atoms with van der Waals surface area (Å²) in [7, 11) is -3.21. The van der Waals surface area contributed by atoms with Gasteiger partial charge in [-0.3, -0.25) is 14.0 Å². The lowest BCUT2D eigenvalue weighted by atomic mass is 10.1. The van der Waals surface area contributed by atoms with Crippen LogP contribution >= 0.6 is 0 Å². The van der Waals surface area contributed by atoms with E-state index in [1.165, 1.54) is 9.87 Å². The van der Waals surface area contributed by atoms with E-state index < -0.39 is 10.0 Å². The molecule has 3 rings (SSSR count). The summed E-state index contributed by atoms with van der Waals surface area (Å²) < 4.78 is 25.5. The van der Waals surface area contributed by atoms with Crippen LogP contribution in [-0.2, 0) is 23.1 Å². The molecule has 0 saturated carbocycles. The van der Waals surface area contributed by atoms with Gasteiger partial charge in [0.15, 0.2) is 0 Å². The lowest BCUT2D eigenvalue weighted by Crippen LogP contribution is -2.26. The Kier molecular flexibility index (Phi) is 6.92. The molecular weight excluding hydrogens is 386 g/mol. The third kappa shape index (κ3) is 5.16. The standard InChI is InChI=1S/C22H29N3O3S/c1-3-24(4-2)17-20-9-6-5-8-19(20)16-23-22(26)18-10-12-21(13-11-18)25-14-7-15-29(25,27)28/h5-6,8-13H,3-4,7,14-17H2,1-2H3,(H,23,26). The summed E-state index contributed by atoms with van der Waals surface area (Å²) in [6, 6.07) is 14.9. The zero-order chi connectivity index (χ0) is 20.9. The molecule has 1 N–H and O–H groups in total. The van der Waals surface area contributed by atoms with Crippen molar-refractivity contribution in [3.05, 3.63) is 65.2 Å². The van der Waals surface area contributed by atoms with E-state index in [9.17, 15) is 13.2 Å². The third-order valence-electron chi connectivity index (χ3n) is 5.36. The molecule has 1 heterocycles. The number of anilines is 1. The van der Waals surface area contributed by atoms with Crippen molar-refractivity contribution >= 4 is 21.6 Å². The van der Waals surface area contributed by atoms with Gasteiger partial charge in [-0.2, -0.15) is 0 Å². The fourth-order valence-electron chi connectivity index (χ4n) is 3.56. The Morgan fingerprint density at radius 2 is 1.69 bits per heavy atom. The minimum Gasteiger partial charge on any atom is -0.348 e. The monoisotopic (exact) mass is 415 g/mol. The first kappa shape index (κ1) is 21.3. The van der Waals surface area contributed by atoms with Crippen molar-refractivity contribution in [1.29, 1.82) is 0 Å². The molecule has 1 aliphatic heterocycles. The molecule has 1 saturated heterocycles. The SMILES string of the molecule is CCN(CC)Cc1ccccc1CNC(=O)c1ccc(N2CCCS2(=O)=O)cc1. The minimum atomic E-state index is -3.21. The van der Waals surface area contributed by atoms with Crippen molar-refractivity contribution in [2.24, 2.45) is 0 Å². The Labute approximate surface area is 173 Å². The molecule has 0 radical (unpaired) electrons. The first-order valence-corrected chi connectivity index (χ1v) is 11.7. The Balaban J connectivity index is 1.64. The van der Waals surface area contributed by atoms with Crippen molar-refractivity contribution in [2.45, 2.75) is 33.4 Å². The molecule has 0 bridgehead atoms. The van der Waals surface area contributed by atoms with Gasteiger partial charge in [-0.15, -0.1) is 0 Å². The summed E-state index contributed by atoms with van der Waals surface area (Å²) in [6.07, 6.45) is 0.636. The largest absolute Gasteiger partial charge is 0.348 e. The van der Waals surface area contributed by atoms with Crippen LogP contribution in [0.3, 0.4) is 0 Å². The van der Waals surface area contributed by atoms with E-state index in [0.717, 1.165) is 25.2 Å². The number of sulfonamides is 1. The highest BCUT2D eigenvalue weighted by Crippen LogP contribution is 2.24. The Bertz CT molecular complexity index is 938. The average molecular weight is 416 g/mol. The molecule has 0 aromatic heterocycles. The molecule has 0 spiro atoms. The van der Waals surface area contributed by atoms with Gasteiger partial charge in [-0.1, -0.05) is 38.1 Å². The first-order valence-electron chi connectivity index (χ1n) is 10.1. The van der Waals surface area contributed by atoms with E-state index >= 15 is 0 Å². The second kappa shape index (κ2) is 9.41. The molecule has 2 aromatic rings. The molecule has 0 atom stereocenters. The number of rotatable bonds is 8. The maximum absolute atomic E-state index is 12.6. The quantitative estimate of drug-likeness (QED) is 0.720. The molecule has 6 nitrogen and oxygen atoms in total. The van der Waals surface area contributed by atoms with Crippen molar-refractivity contribution in [1.82, 2.24) is 10.2 Å². The summed E-state index contributed by atoms with van der Waals surface area (Å²) in [4.78, 5) is 14.9. The Morgan fingerprint density at radius 1 is 1.03 bits per heavy atom. The van der Waals surface area contributed by atoms with Crippen LogP contribution < -0.4 is 9.62 Å². The number of nitrogens with one attached hydrogen (secondary N) is 1. The predicted molar refractivity (Wildman–Crippen MR) is 116 cm³/mol. The normalized spacial score (nSPS) is 15.6. The fourth-order valence-corrected chi connectivity index (χ4v) is 5.12. The highest BCUT2D eigenvalue weighted by Gasteiger charge is 2.28. The van der Waals surface area contributed by atoms with E-state index in [1.54, 1.807) is 24.3 Å².